The summed E-state index contributed by atoms with van der Waals surface area (Å²) in [6.07, 6.45) is 4.64. The highest BCUT2D eigenvalue weighted by Crippen LogP contribution is 2.29. The highest BCUT2D eigenvalue weighted by atomic mass is 16.4. The first-order chi connectivity index (χ1) is 8.08. The molecule has 1 aromatic rings. The van der Waals surface area contributed by atoms with Crippen molar-refractivity contribution >= 4 is 11.9 Å². The number of hydrogen-bond donors (Lipinski definition) is 1. The van der Waals surface area contributed by atoms with Crippen molar-refractivity contribution in [1.29, 1.82) is 0 Å². The molecule has 6 nitrogen and oxygen atoms in total. The maximum absolute atomic E-state index is 11.9. The van der Waals surface area contributed by atoms with E-state index in [0.29, 0.717) is 5.92 Å². The molecule has 1 aliphatic carbocycles. The number of carbonyl (C=O) groups is 2. The molecular formula is C11H13N3O3. The predicted octanol–water partition coefficient (Wildman–Crippen LogP) is 0.657. The van der Waals surface area contributed by atoms with Crippen molar-refractivity contribution in [3.05, 3.63) is 23.8 Å². The van der Waals surface area contributed by atoms with Crippen molar-refractivity contribution in [2.45, 2.75) is 12.8 Å². The number of carboxylic acids is 1. The van der Waals surface area contributed by atoms with Crippen molar-refractivity contribution in [2.24, 2.45) is 5.92 Å². The van der Waals surface area contributed by atoms with Crippen molar-refractivity contribution in [1.82, 2.24) is 14.9 Å². The van der Waals surface area contributed by atoms with Crippen LogP contribution in [0.25, 0.3) is 0 Å². The lowest BCUT2D eigenvalue weighted by molar-refractivity contribution is 0.0687. The van der Waals surface area contributed by atoms with Gasteiger partial charge in [0, 0.05) is 13.6 Å². The fourth-order valence-corrected chi connectivity index (χ4v) is 1.52. The van der Waals surface area contributed by atoms with E-state index in [1.54, 1.807) is 11.9 Å². The van der Waals surface area contributed by atoms with Crippen LogP contribution in [0, 0.1) is 5.92 Å². The van der Waals surface area contributed by atoms with E-state index in [9.17, 15) is 9.59 Å². The molecule has 0 unspecified atom stereocenters. The monoisotopic (exact) mass is 235 g/mol. The zero-order chi connectivity index (χ0) is 12.4. The number of carbonyl (C=O) groups excluding carboxylic acids is 1. The molecule has 1 heterocycles. The van der Waals surface area contributed by atoms with Crippen molar-refractivity contribution in [3.63, 3.8) is 0 Å². The molecule has 17 heavy (non-hydrogen) atoms. The summed E-state index contributed by atoms with van der Waals surface area (Å²) in [5, 5.41) is 8.65. The Labute approximate surface area is 98.3 Å². The van der Waals surface area contributed by atoms with Gasteiger partial charge in [-0.05, 0) is 18.8 Å². The SMILES string of the molecule is CN(CC1CC1)C(=O)c1cnc(C(=O)O)cn1. The minimum absolute atomic E-state index is 0.161. The summed E-state index contributed by atoms with van der Waals surface area (Å²) in [6.45, 7) is 0.723. The smallest absolute Gasteiger partial charge is 0.356 e. The van der Waals surface area contributed by atoms with Gasteiger partial charge >= 0.3 is 5.97 Å². The Bertz CT molecular complexity index is 440. The van der Waals surface area contributed by atoms with Gasteiger partial charge in [-0.1, -0.05) is 0 Å². The summed E-state index contributed by atoms with van der Waals surface area (Å²) >= 11 is 0. The largest absolute Gasteiger partial charge is 0.476 e. The fourth-order valence-electron chi connectivity index (χ4n) is 1.52. The minimum atomic E-state index is -1.15. The van der Waals surface area contributed by atoms with Gasteiger partial charge in [-0.2, -0.15) is 0 Å². The number of carboxylic acid groups (broad SMARTS) is 1. The summed E-state index contributed by atoms with van der Waals surface area (Å²) in [4.78, 5) is 31.5. The van der Waals surface area contributed by atoms with Crippen LogP contribution >= 0.6 is 0 Å². The average Bonchev–Trinajstić information content (AvgIpc) is 3.12. The molecule has 0 atom stereocenters. The fraction of sp³-hybridized carbons (Fsp3) is 0.455. The maximum Gasteiger partial charge on any atom is 0.356 e. The molecule has 0 saturated heterocycles. The van der Waals surface area contributed by atoms with Crippen LogP contribution in [0.3, 0.4) is 0 Å². The van der Waals surface area contributed by atoms with Crippen molar-refractivity contribution in [2.75, 3.05) is 13.6 Å². The van der Waals surface area contributed by atoms with E-state index in [0.717, 1.165) is 12.7 Å². The first-order valence-corrected chi connectivity index (χ1v) is 5.38. The average molecular weight is 235 g/mol. The summed E-state index contributed by atoms with van der Waals surface area (Å²) < 4.78 is 0. The van der Waals surface area contributed by atoms with Crippen LogP contribution in [0.1, 0.15) is 33.8 Å². The summed E-state index contributed by atoms with van der Waals surface area (Å²) in [6, 6.07) is 0. The van der Waals surface area contributed by atoms with Gasteiger partial charge in [-0.3, -0.25) is 4.79 Å². The molecule has 1 fully saturated rings. The number of hydrogen-bond acceptors (Lipinski definition) is 4. The lowest BCUT2D eigenvalue weighted by Crippen LogP contribution is -2.29. The van der Waals surface area contributed by atoms with Gasteiger partial charge in [0.25, 0.3) is 5.91 Å². The predicted molar refractivity (Wildman–Crippen MR) is 58.7 cm³/mol. The molecule has 0 spiro atoms. The first kappa shape index (κ1) is 11.5. The Morgan fingerprint density at radius 1 is 1.35 bits per heavy atom. The summed E-state index contributed by atoms with van der Waals surface area (Å²) in [5.74, 6) is -0.764. The van der Waals surface area contributed by atoms with Crippen molar-refractivity contribution in [3.8, 4) is 0 Å². The number of amides is 1. The molecule has 1 aliphatic rings. The molecule has 90 valence electrons. The highest BCUT2D eigenvalue weighted by molar-refractivity contribution is 5.92. The Morgan fingerprint density at radius 3 is 2.41 bits per heavy atom. The van der Waals surface area contributed by atoms with E-state index in [1.165, 1.54) is 19.0 Å². The summed E-state index contributed by atoms with van der Waals surface area (Å²) in [7, 11) is 1.72. The third-order valence-electron chi connectivity index (χ3n) is 2.67. The van der Waals surface area contributed by atoms with E-state index in [2.05, 4.69) is 9.97 Å². The third kappa shape index (κ3) is 2.77. The zero-order valence-corrected chi connectivity index (χ0v) is 9.46. The standard InChI is InChI=1S/C11H13N3O3/c1-14(6-7-2-3-7)10(15)8-4-13-9(5-12-8)11(16)17/h4-5,7H,2-3,6H2,1H3,(H,16,17). The van der Waals surface area contributed by atoms with Gasteiger partial charge in [0.1, 0.15) is 5.69 Å². The van der Waals surface area contributed by atoms with Gasteiger partial charge in [0.2, 0.25) is 0 Å². The zero-order valence-electron chi connectivity index (χ0n) is 9.46. The molecule has 0 bridgehead atoms. The van der Waals surface area contributed by atoms with E-state index >= 15 is 0 Å². The quantitative estimate of drug-likeness (QED) is 0.828. The normalized spacial score (nSPS) is 14.4. The number of aromatic carboxylic acids is 1. The molecule has 0 radical (unpaired) electrons. The molecule has 6 heteroatoms. The van der Waals surface area contributed by atoms with Gasteiger partial charge in [0.05, 0.1) is 12.4 Å². The lowest BCUT2D eigenvalue weighted by Gasteiger charge is -2.15. The second-order valence-corrected chi connectivity index (χ2v) is 4.22. The Kier molecular flexibility index (Phi) is 3.03. The van der Waals surface area contributed by atoms with Crippen LogP contribution in [-0.4, -0.2) is 45.4 Å². The summed E-state index contributed by atoms with van der Waals surface area (Å²) in [5.41, 5.74) is 0.0181. The van der Waals surface area contributed by atoms with Gasteiger partial charge < -0.3 is 10.0 Å². The molecule has 1 saturated carbocycles. The van der Waals surface area contributed by atoms with Crippen LogP contribution in [0.4, 0.5) is 0 Å². The van der Waals surface area contributed by atoms with E-state index in [4.69, 9.17) is 5.11 Å². The van der Waals surface area contributed by atoms with Crippen LogP contribution < -0.4 is 0 Å². The molecule has 2 rings (SSSR count). The van der Waals surface area contributed by atoms with Gasteiger partial charge in [0.15, 0.2) is 5.69 Å². The minimum Gasteiger partial charge on any atom is -0.476 e. The van der Waals surface area contributed by atoms with E-state index in [-0.39, 0.29) is 17.3 Å². The number of rotatable bonds is 4. The topological polar surface area (TPSA) is 83.4 Å². The Balaban J connectivity index is 2.05. The van der Waals surface area contributed by atoms with Gasteiger partial charge in [-0.25, -0.2) is 14.8 Å². The molecule has 0 aromatic carbocycles. The van der Waals surface area contributed by atoms with Crippen LogP contribution in [0.2, 0.25) is 0 Å². The molecule has 1 N–H and O–H groups in total. The first-order valence-electron chi connectivity index (χ1n) is 5.38. The number of nitrogens with zero attached hydrogens (tertiary/aromatic N) is 3. The van der Waals surface area contributed by atoms with Crippen molar-refractivity contribution < 1.29 is 14.7 Å². The Hall–Kier alpha value is -1.98. The third-order valence-corrected chi connectivity index (χ3v) is 2.67. The second kappa shape index (κ2) is 4.48. The lowest BCUT2D eigenvalue weighted by atomic mass is 10.3. The van der Waals surface area contributed by atoms with Gasteiger partial charge in [-0.15, -0.1) is 0 Å². The highest BCUT2D eigenvalue weighted by Gasteiger charge is 2.25. The van der Waals surface area contributed by atoms with Crippen LogP contribution in [0.15, 0.2) is 12.4 Å². The van der Waals surface area contributed by atoms with E-state index in [1.807, 2.05) is 0 Å². The van der Waals surface area contributed by atoms with Crippen LogP contribution in [-0.2, 0) is 0 Å². The molecule has 1 aromatic heterocycles. The maximum atomic E-state index is 11.9. The Morgan fingerprint density at radius 2 is 1.94 bits per heavy atom. The molecule has 0 aliphatic heterocycles. The van der Waals surface area contributed by atoms with Crippen LogP contribution in [0.5, 0.6) is 0 Å². The number of aromatic nitrogens is 2. The molecular weight excluding hydrogens is 222 g/mol. The second-order valence-electron chi connectivity index (χ2n) is 4.22. The van der Waals surface area contributed by atoms with E-state index < -0.39 is 5.97 Å². The molecule has 1 amide bonds.